The molecule has 0 aliphatic heterocycles. The molecule has 0 saturated heterocycles. The number of fused-ring (bicyclic) bond motifs is 1. The summed E-state index contributed by atoms with van der Waals surface area (Å²) in [6.45, 7) is 0. The van der Waals surface area contributed by atoms with E-state index in [1.54, 1.807) is 54.6 Å². The van der Waals surface area contributed by atoms with E-state index in [0.717, 1.165) is 0 Å². The van der Waals surface area contributed by atoms with Crippen LogP contribution in [-0.4, -0.2) is 10.5 Å². The molecular weight excluding hydrogens is 278 g/mol. The topological polar surface area (TPSA) is 92.9 Å². The summed E-state index contributed by atoms with van der Waals surface area (Å²) in [5, 5.41) is 21.6. The van der Waals surface area contributed by atoms with E-state index in [1.165, 1.54) is 0 Å². The van der Waals surface area contributed by atoms with Gasteiger partial charge in [-0.3, -0.25) is 10.1 Å². The second-order valence-electron chi connectivity index (χ2n) is 5.21. The Kier molecular flexibility index (Phi) is 3.15. The second-order valence-corrected chi connectivity index (χ2v) is 5.21. The molecule has 0 saturated carbocycles. The molecule has 3 rings (SSSR count). The number of nitro groups is 1. The minimum atomic E-state index is -1.90. The monoisotopic (exact) mass is 291 g/mol. The van der Waals surface area contributed by atoms with E-state index in [1.807, 2.05) is 12.1 Å². The van der Waals surface area contributed by atoms with Crippen LogP contribution in [0.5, 0.6) is 0 Å². The largest absolute Gasteiger partial charge is 0.401 e. The van der Waals surface area contributed by atoms with Gasteiger partial charge in [-0.05, 0) is 23.3 Å². The molecule has 0 amide bonds. The Hall–Kier alpha value is -3.13. The molecule has 22 heavy (non-hydrogen) atoms. The van der Waals surface area contributed by atoms with E-state index >= 15 is 0 Å². The fourth-order valence-electron chi connectivity index (χ4n) is 3.05. The van der Waals surface area contributed by atoms with E-state index in [2.05, 4.69) is 0 Å². The molecular formula is C17H13N3O2. The zero-order valence-electron chi connectivity index (χ0n) is 11.6. The fourth-order valence-corrected chi connectivity index (χ4v) is 3.05. The quantitative estimate of drug-likeness (QED) is 0.669. The first-order chi connectivity index (χ1) is 10.6. The van der Waals surface area contributed by atoms with Crippen LogP contribution in [0.4, 0.5) is 0 Å². The summed E-state index contributed by atoms with van der Waals surface area (Å²) >= 11 is 0. The van der Waals surface area contributed by atoms with Gasteiger partial charge in [-0.2, -0.15) is 5.26 Å². The number of nitrogens with two attached hydrogens (primary N) is 1. The van der Waals surface area contributed by atoms with Crippen molar-refractivity contribution in [3.63, 3.8) is 0 Å². The lowest BCUT2D eigenvalue weighted by Gasteiger charge is -2.24. The number of benzene rings is 1. The molecule has 5 nitrogen and oxygen atoms in total. The van der Waals surface area contributed by atoms with E-state index in [4.69, 9.17) is 5.73 Å². The van der Waals surface area contributed by atoms with Gasteiger partial charge >= 0.3 is 5.54 Å². The summed E-state index contributed by atoms with van der Waals surface area (Å²) in [4.78, 5) is 11.3. The van der Waals surface area contributed by atoms with E-state index in [9.17, 15) is 15.4 Å². The number of hydrogen-bond acceptors (Lipinski definition) is 4. The molecule has 0 spiro atoms. The lowest BCUT2D eigenvalue weighted by molar-refractivity contribution is -0.538. The SMILES string of the molecule is N#C[C@@]1([N+](=O)[O-])C(c2ccccc2)=CC2=CC=CC=C(N)[C@@H]21. The maximum atomic E-state index is 11.9. The van der Waals surface area contributed by atoms with Crippen molar-refractivity contribution in [3.8, 4) is 6.07 Å². The maximum Gasteiger partial charge on any atom is 0.343 e. The van der Waals surface area contributed by atoms with Crippen LogP contribution in [0.2, 0.25) is 0 Å². The normalized spacial score (nSPS) is 26.1. The first kappa shape index (κ1) is 13.8. The van der Waals surface area contributed by atoms with Crippen LogP contribution in [0, 0.1) is 27.4 Å². The molecule has 0 fully saturated rings. The summed E-state index contributed by atoms with van der Waals surface area (Å²) < 4.78 is 0. The van der Waals surface area contributed by atoms with Crippen molar-refractivity contribution in [1.82, 2.24) is 0 Å². The van der Waals surface area contributed by atoms with Gasteiger partial charge < -0.3 is 5.73 Å². The van der Waals surface area contributed by atoms with Gasteiger partial charge in [0.1, 0.15) is 5.92 Å². The molecule has 0 aromatic heterocycles. The Morgan fingerprint density at radius 3 is 2.55 bits per heavy atom. The van der Waals surface area contributed by atoms with Crippen molar-refractivity contribution >= 4 is 5.57 Å². The molecule has 1 aromatic carbocycles. The van der Waals surface area contributed by atoms with Crippen LogP contribution < -0.4 is 5.73 Å². The van der Waals surface area contributed by atoms with Gasteiger partial charge in [-0.25, -0.2) is 0 Å². The molecule has 108 valence electrons. The van der Waals surface area contributed by atoms with Gasteiger partial charge in [-0.1, -0.05) is 48.6 Å². The first-order valence-electron chi connectivity index (χ1n) is 6.78. The third-order valence-corrected chi connectivity index (χ3v) is 4.04. The highest BCUT2D eigenvalue weighted by Gasteiger charge is 2.60. The standard InChI is InChI=1S/C17H13N3O2/c18-11-17(20(21)22)14(12-6-2-1-3-7-12)10-13-8-4-5-9-15(19)16(13)17/h1-10,16H,19H2/t16-,17-/m1/s1. The zero-order valence-corrected chi connectivity index (χ0v) is 11.6. The minimum Gasteiger partial charge on any atom is -0.401 e. The Labute approximate surface area is 127 Å². The highest BCUT2D eigenvalue weighted by atomic mass is 16.6. The third kappa shape index (κ3) is 1.78. The summed E-state index contributed by atoms with van der Waals surface area (Å²) in [7, 11) is 0. The van der Waals surface area contributed by atoms with Crippen LogP contribution >= 0.6 is 0 Å². The number of rotatable bonds is 2. The average Bonchev–Trinajstić information content (AvgIpc) is 2.77. The smallest absolute Gasteiger partial charge is 0.343 e. The predicted octanol–water partition coefficient (Wildman–Crippen LogP) is 2.58. The van der Waals surface area contributed by atoms with Gasteiger partial charge in [0.2, 0.25) is 0 Å². The minimum absolute atomic E-state index is 0.320. The molecule has 1 aromatic rings. The lowest BCUT2D eigenvalue weighted by Crippen LogP contribution is -2.45. The number of nitrogens with zero attached hydrogens (tertiary/aromatic N) is 2. The third-order valence-electron chi connectivity index (χ3n) is 4.04. The summed E-state index contributed by atoms with van der Waals surface area (Å²) in [5.74, 6) is -0.780. The predicted molar refractivity (Wildman–Crippen MR) is 82.7 cm³/mol. The summed E-state index contributed by atoms with van der Waals surface area (Å²) in [6, 6.07) is 10.9. The highest BCUT2D eigenvalue weighted by Crippen LogP contribution is 2.49. The van der Waals surface area contributed by atoms with Gasteiger partial charge in [-0.15, -0.1) is 0 Å². The van der Waals surface area contributed by atoms with Crippen molar-refractivity contribution < 1.29 is 4.92 Å². The van der Waals surface area contributed by atoms with E-state index < -0.39 is 16.4 Å². The van der Waals surface area contributed by atoms with E-state index in [-0.39, 0.29) is 0 Å². The van der Waals surface area contributed by atoms with Crippen LogP contribution in [0.3, 0.4) is 0 Å². The zero-order chi connectivity index (χ0) is 15.7. The van der Waals surface area contributed by atoms with Crippen molar-refractivity contribution in [2.24, 2.45) is 11.7 Å². The van der Waals surface area contributed by atoms with Crippen molar-refractivity contribution in [2.45, 2.75) is 5.54 Å². The highest BCUT2D eigenvalue weighted by molar-refractivity contribution is 5.83. The Morgan fingerprint density at radius 2 is 1.91 bits per heavy atom. The number of allylic oxidation sites excluding steroid dienone is 5. The van der Waals surface area contributed by atoms with Gasteiger partial charge in [0.15, 0.2) is 6.07 Å². The Balaban J connectivity index is 2.29. The Bertz CT molecular complexity index is 797. The Morgan fingerprint density at radius 1 is 1.23 bits per heavy atom. The number of hydrogen-bond donors (Lipinski definition) is 1. The molecule has 5 heteroatoms. The van der Waals surface area contributed by atoms with Gasteiger partial charge in [0, 0.05) is 10.6 Å². The number of nitriles is 1. The van der Waals surface area contributed by atoms with Crippen molar-refractivity contribution in [1.29, 1.82) is 5.26 Å². The lowest BCUT2D eigenvalue weighted by atomic mass is 9.78. The van der Waals surface area contributed by atoms with Gasteiger partial charge in [0.25, 0.3) is 0 Å². The first-order valence-corrected chi connectivity index (χ1v) is 6.78. The van der Waals surface area contributed by atoms with Gasteiger partial charge in [0.05, 0.1) is 5.57 Å². The molecule has 0 radical (unpaired) electrons. The average molecular weight is 291 g/mol. The molecule has 2 N–H and O–H groups in total. The van der Waals surface area contributed by atoms with Crippen molar-refractivity contribution in [3.05, 3.63) is 87.7 Å². The molecule has 0 bridgehead atoms. The second kappa shape index (κ2) is 5.01. The van der Waals surface area contributed by atoms with Crippen LogP contribution in [0.1, 0.15) is 5.56 Å². The fraction of sp³-hybridized carbons (Fsp3) is 0.118. The molecule has 0 unspecified atom stereocenters. The van der Waals surface area contributed by atoms with Crippen LogP contribution in [-0.2, 0) is 0 Å². The van der Waals surface area contributed by atoms with E-state index in [0.29, 0.717) is 22.4 Å². The van der Waals surface area contributed by atoms with Crippen LogP contribution in [0.15, 0.2) is 72.0 Å². The molecule has 2 atom stereocenters. The molecule has 2 aliphatic rings. The van der Waals surface area contributed by atoms with Crippen LogP contribution in [0.25, 0.3) is 5.57 Å². The molecule has 0 heterocycles. The maximum absolute atomic E-state index is 11.9. The molecule has 2 aliphatic carbocycles. The summed E-state index contributed by atoms with van der Waals surface area (Å²) in [5.41, 5.74) is 6.16. The summed E-state index contributed by atoms with van der Waals surface area (Å²) in [6.07, 6.45) is 8.59. The van der Waals surface area contributed by atoms with Crippen molar-refractivity contribution in [2.75, 3.05) is 0 Å².